The van der Waals surface area contributed by atoms with Gasteiger partial charge in [-0.25, -0.2) is 0 Å². The first kappa shape index (κ1) is 15.9. The summed E-state index contributed by atoms with van der Waals surface area (Å²) in [7, 11) is 0. The lowest BCUT2D eigenvalue weighted by Gasteiger charge is -2.39. The van der Waals surface area contributed by atoms with Crippen molar-refractivity contribution in [2.45, 2.75) is 33.2 Å². The quantitative estimate of drug-likeness (QED) is 0.640. The highest BCUT2D eigenvalue weighted by atomic mass is 19.1. The van der Waals surface area contributed by atoms with Crippen LogP contribution in [0.25, 0.3) is 0 Å². The zero-order valence-electron chi connectivity index (χ0n) is 11.7. The SMILES string of the molecule is CC(C)(Nc1cccc(F)c1[N+](=O)[O-])C(C)(C)C(=O)O. The molecule has 0 aliphatic carbocycles. The Morgan fingerprint density at radius 1 is 1.35 bits per heavy atom. The van der Waals surface area contributed by atoms with E-state index < -0.39 is 33.4 Å². The van der Waals surface area contributed by atoms with E-state index in [2.05, 4.69) is 5.32 Å². The van der Waals surface area contributed by atoms with Crippen molar-refractivity contribution >= 4 is 17.3 Å². The molecule has 0 atom stereocenters. The van der Waals surface area contributed by atoms with Crippen LogP contribution < -0.4 is 5.32 Å². The Balaban J connectivity index is 3.26. The van der Waals surface area contributed by atoms with Crippen LogP contribution >= 0.6 is 0 Å². The summed E-state index contributed by atoms with van der Waals surface area (Å²) in [5, 5.41) is 22.9. The van der Waals surface area contributed by atoms with Gasteiger partial charge in [0.2, 0.25) is 5.82 Å². The van der Waals surface area contributed by atoms with E-state index in [-0.39, 0.29) is 5.69 Å². The van der Waals surface area contributed by atoms with Gasteiger partial charge in [0, 0.05) is 5.54 Å². The number of hydrogen-bond acceptors (Lipinski definition) is 4. The molecule has 0 spiro atoms. The van der Waals surface area contributed by atoms with Gasteiger partial charge in [-0.15, -0.1) is 0 Å². The predicted octanol–water partition coefficient (Wildman–Crippen LogP) is 3.04. The van der Waals surface area contributed by atoms with Crippen LogP contribution in [0.1, 0.15) is 27.7 Å². The van der Waals surface area contributed by atoms with Crippen LogP contribution in [0.2, 0.25) is 0 Å². The van der Waals surface area contributed by atoms with E-state index in [0.717, 1.165) is 6.07 Å². The number of para-hydroxylation sites is 1. The number of nitro groups is 1. The summed E-state index contributed by atoms with van der Waals surface area (Å²) < 4.78 is 13.5. The number of aliphatic carboxylic acids is 1. The van der Waals surface area contributed by atoms with Crippen molar-refractivity contribution in [1.29, 1.82) is 0 Å². The summed E-state index contributed by atoms with van der Waals surface area (Å²) >= 11 is 0. The van der Waals surface area contributed by atoms with Crippen LogP contribution in [0.15, 0.2) is 18.2 Å². The number of nitro benzene ring substituents is 1. The fourth-order valence-electron chi connectivity index (χ4n) is 1.56. The summed E-state index contributed by atoms with van der Waals surface area (Å²) in [6.45, 7) is 6.17. The molecule has 0 unspecified atom stereocenters. The second kappa shape index (κ2) is 5.07. The number of anilines is 1. The molecular formula is C13H17FN2O4. The highest BCUT2D eigenvalue weighted by Gasteiger charge is 2.44. The third-order valence-electron chi connectivity index (χ3n) is 3.71. The van der Waals surface area contributed by atoms with E-state index in [1.807, 2.05) is 0 Å². The standard InChI is InChI=1S/C13H17FN2O4/c1-12(2,11(17)18)13(3,4)15-9-7-5-6-8(14)10(9)16(19)20/h5-7,15H,1-4H3,(H,17,18). The molecule has 0 aliphatic heterocycles. The molecule has 0 saturated carbocycles. The molecule has 0 radical (unpaired) electrons. The summed E-state index contributed by atoms with van der Waals surface area (Å²) in [6, 6.07) is 3.66. The fraction of sp³-hybridized carbons (Fsp3) is 0.462. The van der Waals surface area contributed by atoms with Crippen molar-refractivity contribution in [2.24, 2.45) is 5.41 Å². The average Bonchev–Trinajstić information content (AvgIpc) is 2.27. The summed E-state index contributed by atoms with van der Waals surface area (Å²) in [5.74, 6) is -2.03. The van der Waals surface area contributed by atoms with E-state index >= 15 is 0 Å². The van der Waals surface area contributed by atoms with E-state index in [4.69, 9.17) is 0 Å². The van der Waals surface area contributed by atoms with E-state index in [0.29, 0.717) is 0 Å². The lowest BCUT2D eigenvalue weighted by atomic mass is 9.74. The van der Waals surface area contributed by atoms with Gasteiger partial charge >= 0.3 is 11.7 Å². The third-order valence-corrected chi connectivity index (χ3v) is 3.71. The molecule has 7 heteroatoms. The second-order valence-corrected chi connectivity index (χ2v) is 5.57. The molecule has 110 valence electrons. The minimum absolute atomic E-state index is 0.0469. The summed E-state index contributed by atoms with van der Waals surface area (Å²) in [5.41, 5.74) is -2.99. The zero-order chi connectivity index (χ0) is 15.7. The molecule has 1 aromatic rings. The zero-order valence-corrected chi connectivity index (χ0v) is 11.7. The van der Waals surface area contributed by atoms with Crippen LogP contribution in [-0.2, 0) is 4.79 Å². The van der Waals surface area contributed by atoms with Crippen LogP contribution in [0.5, 0.6) is 0 Å². The average molecular weight is 284 g/mol. The van der Waals surface area contributed by atoms with Gasteiger partial charge < -0.3 is 10.4 Å². The first-order valence-corrected chi connectivity index (χ1v) is 5.95. The monoisotopic (exact) mass is 284 g/mol. The van der Waals surface area contributed by atoms with Gasteiger partial charge in [-0.1, -0.05) is 6.07 Å². The maximum atomic E-state index is 13.5. The van der Waals surface area contributed by atoms with Crippen LogP contribution in [0.3, 0.4) is 0 Å². The normalized spacial score (nSPS) is 12.1. The molecule has 0 saturated heterocycles. The lowest BCUT2D eigenvalue weighted by Crippen LogP contribution is -2.50. The van der Waals surface area contributed by atoms with Gasteiger partial charge in [0.15, 0.2) is 0 Å². The molecular weight excluding hydrogens is 267 g/mol. The number of carboxylic acid groups (broad SMARTS) is 1. The highest BCUT2D eigenvalue weighted by Crippen LogP contribution is 2.37. The van der Waals surface area contributed by atoms with Crippen molar-refractivity contribution in [1.82, 2.24) is 0 Å². The molecule has 0 amide bonds. The van der Waals surface area contributed by atoms with Crippen molar-refractivity contribution < 1.29 is 19.2 Å². The van der Waals surface area contributed by atoms with E-state index in [1.165, 1.54) is 26.0 Å². The molecule has 0 bridgehead atoms. The van der Waals surface area contributed by atoms with Gasteiger partial charge in [0.05, 0.1) is 10.3 Å². The first-order chi connectivity index (χ1) is 9.00. The molecule has 0 aromatic heterocycles. The molecule has 0 aliphatic rings. The van der Waals surface area contributed by atoms with Crippen LogP contribution in [0.4, 0.5) is 15.8 Å². The number of benzene rings is 1. The number of rotatable bonds is 5. The van der Waals surface area contributed by atoms with Gasteiger partial charge in [-0.05, 0) is 39.8 Å². The maximum absolute atomic E-state index is 13.5. The molecule has 1 rings (SSSR count). The Hall–Kier alpha value is -2.18. The first-order valence-electron chi connectivity index (χ1n) is 5.95. The van der Waals surface area contributed by atoms with Crippen molar-refractivity contribution in [3.05, 3.63) is 34.1 Å². The molecule has 0 fully saturated rings. The smallest absolute Gasteiger partial charge is 0.327 e. The van der Waals surface area contributed by atoms with Crippen LogP contribution in [-0.4, -0.2) is 21.5 Å². The molecule has 2 N–H and O–H groups in total. The van der Waals surface area contributed by atoms with Gasteiger partial charge in [0.1, 0.15) is 5.69 Å². The van der Waals surface area contributed by atoms with Gasteiger partial charge in [-0.2, -0.15) is 4.39 Å². The number of carboxylic acids is 1. The van der Waals surface area contributed by atoms with Crippen molar-refractivity contribution in [2.75, 3.05) is 5.32 Å². The Labute approximate surface area is 115 Å². The molecule has 20 heavy (non-hydrogen) atoms. The van der Waals surface area contributed by atoms with Crippen LogP contribution in [0, 0.1) is 21.3 Å². The highest BCUT2D eigenvalue weighted by molar-refractivity contribution is 5.77. The number of hydrogen-bond donors (Lipinski definition) is 2. The number of carbonyl (C=O) groups is 1. The Morgan fingerprint density at radius 2 is 1.90 bits per heavy atom. The fourth-order valence-corrected chi connectivity index (χ4v) is 1.56. The van der Waals surface area contributed by atoms with E-state index in [9.17, 15) is 24.4 Å². The largest absolute Gasteiger partial charge is 0.481 e. The second-order valence-electron chi connectivity index (χ2n) is 5.57. The van der Waals surface area contributed by atoms with Crippen molar-refractivity contribution in [3.8, 4) is 0 Å². The maximum Gasteiger partial charge on any atom is 0.327 e. The third kappa shape index (κ3) is 2.71. The topological polar surface area (TPSA) is 92.5 Å². The van der Waals surface area contributed by atoms with Gasteiger partial charge in [0.25, 0.3) is 0 Å². The summed E-state index contributed by atoms with van der Waals surface area (Å²) in [4.78, 5) is 21.4. The Kier molecular flexibility index (Phi) is 4.02. The van der Waals surface area contributed by atoms with E-state index in [1.54, 1.807) is 13.8 Å². The molecule has 1 aromatic carbocycles. The Bertz CT molecular complexity index is 555. The number of halogens is 1. The predicted molar refractivity (Wildman–Crippen MR) is 72.2 cm³/mol. The number of nitrogens with one attached hydrogen (secondary N) is 1. The minimum Gasteiger partial charge on any atom is -0.481 e. The summed E-state index contributed by atoms with van der Waals surface area (Å²) in [6.07, 6.45) is 0. The number of nitrogens with zero attached hydrogens (tertiary/aromatic N) is 1. The Morgan fingerprint density at radius 3 is 2.35 bits per heavy atom. The molecule has 6 nitrogen and oxygen atoms in total. The minimum atomic E-state index is -1.22. The van der Waals surface area contributed by atoms with Gasteiger partial charge in [-0.3, -0.25) is 14.9 Å². The van der Waals surface area contributed by atoms with Crippen molar-refractivity contribution in [3.63, 3.8) is 0 Å². The molecule has 0 heterocycles. The lowest BCUT2D eigenvalue weighted by molar-refractivity contribution is -0.386.